The van der Waals surface area contributed by atoms with Gasteiger partial charge in [-0.15, -0.1) is 0 Å². The van der Waals surface area contributed by atoms with Crippen molar-refractivity contribution in [3.05, 3.63) is 107 Å². The SMILES string of the molecule is CCNC(=O)NCc1ccc(C2OC(CSCCO)C(c3ccccc3)C(c3ccc(CO)cc3)O2)cc1. The van der Waals surface area contributed by atoms with Crippen molar-refractivity contribution in [3.63, 3.8) is 0 Å². The monoisotopic (exact) mass is 536 g/mol. The summed E-state index contributed by atoms with van der Waals surface area (Å²) < 4.78 is 13.3. The van der Waals surface area contributed by atoms with E-state index in [1.54, 1.807) is 11.8 Å². The summed E-state index contributed by atoms with van der Waals surface area (Å²) in [5, 5.41) is 24.5. The quantitative estimate of drug-likeness (QED) is 0.266. The van der Waals surface area contributed by atoms with Crippen LogP contribution in [0.5, 0.6) is 0 Å². The summed E-state index contributed by atoms with van der Waals surface area (Å²) >= 11 is 1.66. The van der Waals surface area contributed by atoms with Gasteiger partial charge in [-0.05, 0) is 29.2 Å². The molecule has 0 spiro atoms. The number of thioether (sulfide) groups is 1. The maximum atomic E-state index is 11.7. The van der Waals surface area contributed by atoms with Crippen LogP contribution in [0.2, 0.25) is 0 Å². The highest BCUT2D eigenvalue weighted by molar-refractivity contribution is 7.99. The smallest absolute Gasteiger partial charge is 0.315 e. The van der Waals surface area contributed by atoms with Crippen molar-refractivity contribution in [3.8, 4) is 0 Å². The minimum Gasteiger partial charge on any atom is -0.396 e. The first-order valence-corrected chi connectivity index (χ1v) is 14.1. The van der Waals surface area contributed by atoms with Crippen LogP contribution in [0.25, 0.3) is 0 Å². The van der Waals surface area contributed by atoms with Crippen molar-refractivity contribution in [2.75, 3.05) is 24.7 Å². The molecule has 3 aromatic rings. The van der Waals surface area contributed by atoms with E-state index in [-0.39, 0.29) is 37.4 Å². The van der Waals surface area contributed by atoms with E-state index < -0.39 is 6.29 Å². The van der Waals surface area contributed by atoms with E-state index in [9.17, 15) is 15.0 Å². The lowest BCUT2D eigenvalue weighted by atomic mass is 9.84. The van der Waals surface area contributed by atoms with E-state index >= 15 is 0 Å². The van der Waals surface area contributed by atoms with Gasteiger partial charge in [0, 0.05) is 36.1 Å². The average molecular weight is 537 g/mol. The second kappa shape index (κ2) is 14.3. The zero-order chi connectivity index (χ0) is 26.7. The Balaban J connectivity index is 1.61. The van der Waals surface area contributed by atoms with E-state index in [0.29, 0.717) is 24.6 Å². The molecule has 4 rings (SSSR count). The van der Waals surface area contributed by atoms with E-state index in [1.807, 2.05) is 73.7 Å². The van der Waals surface area contributed by atoms with Crippen molar-refractivity contribution < 1.29 is 24.5 Å². The average Bonchev–Trinajstić information content (AvgIpc) is 2.97. The minimum atomic E-state index is -0.581. The van der Waals surface area contributed by atoms with Gasteiger partial charge in [0.2, 0.25) is 0 Å². The highest BCUT2D eigenvalue weighted by Crippen LogP contribution is 2.47. The predicted octanol–water partition coefficient (Wildman–Crippen LogP) is 4.66. The van der Waals surface area contributed by atoms with Gasteiger partial charge in [0.15, 0.2) is 6.29 Å². The van der Waals surface area contributed by atoms with Gasteiger partial charge in [0.05, 0.1) is 25.4 Å². The highest BCUT2D eigenvalue weighted by atomic mass is 32.2. The van der Waals surface area contributed by atoms with E-state index in [0.717, 1.165) is 27.8 Å². The van der Waals surface area contributed by atoms with Crippen LogP contribution in [0.3, 0.4) is 0 Å². The number of aliphatic hydroxyl groups excluding tert-OH is 2. The Bertz CT molecular complexity index is 1130. The summed E-state index contributed by atoms with van der Waals surface area (Å²) in [5.74, 6) is 1.29. The molecular formula is C30H36N2O5S. The van der Waals surface area contributed by atoms with Gasteiger partial charge in [-0.25, -0.2) is 4.79 Å². The van der Waals surface area contributed by atoms with Crippen LogP contribution in [-0.4, -0.2) is 47.0 Å². The topological polar surface area (TPSA) is 100 Å². The van der Waals surface area contributed by atoms with Gasteiger partial charge in [0.25, 0.3) is 0 Å². The molecule has 3 aromatic carbocycles. The fraction of sp³-hybridized carbons (Fsp3) is 0.367. The third-order valence-electron chi connectivity index (χ3n) is 6.53. The third kappa shape index (κ3) is 7.36. The lowest BCUT2D eigenvalue weighted by Gasteiger charge is -2.43. The van der Waals surface area contributed by atoms with Crippen LogP contribution in [-0.2, 0) is 22.6 Å². The fourth-order valence-corrected chi connectivity index (χ4v) is 5.43. The van der Waals surface area contributed by atoms with Crippen LogP contribution in [0.1, 0.15) is 53.1 Å². The van der Waals surface area contributed by atoms with E-state index in [1.165, 1.54) is 0 Å². The highest BCUT2D eigenvalue weighted by Gasteiger charge is 2.41. The van der Waals surface area contributed by atoms with Gasteiger partial charge >= 0.3 is 6.03 Å². The second-order valence-corrected chi connectivity index (χ2v) is 10.3. The maximum Gasteiger partial charge on any atom is 0.315 e. The summed E-state index contributed by atoms with van der Waals surface area (Å²) in [4.78, 5) is 11.7. The van der Waals surface area contributed by atoms with E-state index in [2.05, 4.69) is 22.8 Å². The number of aliphatic hydroxyl groups is 2. The number of carbonyl (C=O) groups is 1. The molecule has 4 N–H and O–H groups in total. The Hall–Kier alpha value is -2.88. The first-order chi connectivity index (χ1) is 18.6. The summed E-state index contributed by atoms with van der Waals surface area (Å²) in [7, 11) is 0. The number of urea groups is 1. The van der Waals surface area contributed by atoms with Crippen molar-refractivity contribution in [2.24, 2.45) is 0 Å². The molecule has 0 radical (unpaired) electrons. The van der Waals surface area contributed by atoms with Crippen molar-refractivity contribution in [1.29, 1.82) is 0 Å². The Labute approximate surface area is 228 Å². The normalized spacial score (nSPS) is 21.1. The number of hydrogen-bond acceptors (Lipinski definition) is 6. The van der Waals surface area contributed by atoms with Gasteiger partial charge in [0.1, 0.15) is 0 Å². The van der Waals surface area contributed by atoms with Crippen LogP contribution in [0.4, 0.5) is 4.79 Å². The molecule has 4 unspecified atom stereocenters. The van der Waals surface area contributed by atoms with Gasteiger partial charge in [-0.2, -0.15) is 11.8 Å². The molecule has 1 aliphatic heterocycles. The van der Waals surface area contributed by atoms with Crippen molar-refractivity contribution >= 4 is 17.8 Å². The Morgan fingerprint density at radius 2 is 1.53 bits per heavy atom. The summed E-state index contributed by atoms with van der Waals surface area (Å²) in [6.45, 7) is 2.98. The molecule has 0 saturated carbocycles. The molecule has 1 fully saturated rings. The zero-order valence-electron chi connectivity index (χ0n) is 21.6. The molecule has 38 heavy (non-hydrogen) atoms. The van der Waals surface area contributed by atoms with Gasteiger partial charge < -0.3 is 30.3 Å². The van der Waals surface area contributed by atoms with Gasteiger partial charge in [-0.3, -0.25) is 0 Å². The molecule has 0 aromatic heterocycles. The van der Waals surface area contributed by atoms with Crippen LogP contribution >= 0.6 is 11.8 Å². The molecule has 8 heteroatoms. The number of ether oxygens (including phenoxy) is 2. The molecule has 0 aliphatic carbocycles. The summed E-state index contributed by atoms with van der Waals surface area (Å²) in [6.07, 6.45) is -1.01. The molecule has 1 saturated heterocycles. The van der Waals surface area contributed by atoms with Gasteiger partial charge in [-0.1, -0.05) is 78.9 Å². The Morgan fingerprint density at radius 3 is 2.18 bits per heavy atom. The first-order valence-electron chi connectivity index (χ1n) is 13.0. The molecule has 4 atom stereocenters. The Kier molecular flexibility index (Phi) is 10.6. The molecule has 0 bridgehead atoms. The first kappa shape index (κ1) is 28.1. The third-order valence-corrected chi connectivity index (χ3v) is 7.57. The molecular weight excluding hydrogens is 500 g/mol. The number of benzene rings is 3. The minimum absolute atomic E-state index is 0.0125. The predicted molar refractivity (Wildman–Crippen MR) is 150 cm³/mol. The lowest BCUT2D eigenvalue weighted by Crippen LogP contribution is -2.38. The van der Waals surface area contributed by atoms with Crippen molar-refractivity contribution in [2.45, 2.75) is 44.5 Å². The zero-order valence-corrected chi connectivity index (χ0v) is 22.4. The maximum absolute atomic E-state index is 11.7. The Morgan fingerprint density at radius 1 is 0.842 bits per heavy atom. The molecule has 202 valence electrons. The fourth-order valence-electron chi connectivity index (χ4n) is 4.61. The molecule has 1 heterocycles. The summed E-state index contributed by atoms with van der Waals surface area (Å²) in [6, 6.07) is 25.9. The van der Waals surface area contributed by atoms with Crippen LogP contribution in [0, 0.1) is 0 Å². The van der Waals surface area contributed by atoms with Crippen LogP contribution < -0.4 is 10.6 Å². The molecule has 7 nitrogen and oxygen atoms in total. The second-order valence-electron chi connectivity index (χ2n) is 9.15. The largest absolute Gasteiger partial charge is 0.396 e. The number of rotatable bonds is 11. The lowest BCUT2D eigenvalue weighted by molar-refractivity contribution is -0.255. The molecule has 1 aliphatic rings. The standard InChI is InChI=1S/C30H36N2O5S/c1-2-31-30(35)32-18-21-8-14-25(15-9-21)29-36-26(20-38-17-16-33)27(23-6-4-3-5-7-23)28(37-29)24-12-10-22(19-34)11-13-24/h3-15,26-29,33-34H,2,16-20H2,1H3,(H2,31,32,35). The number of hydrogen-bond donors (Lipinski definition) is 4. The number of carbonyl (C=O) groups excluding carboxylic acids is 1. The van der Waals surface area contributed by atoms with Crippen LogP contribution in [0.15, 0.2) is 78.9 Å². The summed E-state index contributed by atoms with van der Waals surface area (Å²) in [5.41, 5.74) is 4.87. The number of amides is 2. The van der Waals surface area contributed by atoms with Crippen molar-refractivity contribution in [1.82, 2.24) is 10.6 Å². The van der Waals surface area contributed by atoms with E-state index in [4.69, 9.17) is 9.47 Å². The molecule has 2 amide bonds. The number of nitrogens with one attached hydrogen (secondary N) is 2.